The molecule has 0 saturated carbocycles. The van der Waals surface area contributed by atoms with Crippen LogP contribution in [0, 0.1) is 6.92 Å². The van der Waals surface area contributed by atoms with Gasteiger partial charge >= 0.3 is 5.97 Å². The van der Waals surface area contributed by atoms with Gasteiger partial charge in [-0.1, -0.05) is 0 Å². The third-order valence-corrected chi connectivity index (χ3v) is 1.70. The van der Waals surface area contributed by atoms with E-state index in [1.807, 2.05) is 26.2 Å². The molecule has 0 aliphatic carbocycles. The summed E-state index contributed by atoms with van der Waals surface area (Å²) in [4.78, 5) is 14.0. The second kappa shape index (κ2) is 3.95. The molecule has 1 aromatic rings. The number of H-pyrrole nitrogens is 1. The molecular formula is C9H13NO2. The summed E-state index contributed by atoms with van der Waals surface area (Å²) >= 11 is 0. The highest BCUT2D eigenvalue weighted by atomic mass is 16.5. The normalized spacial score (nSPS) is 9.83. The van der Waals surface area contributed by atoms with Crippen molar-refractivity contribution < 1.29 is 9.53 Å². The smallest absolute Gasteiger partial charge is 0.310 e. The predicted molar refractivity (Wildman–Crippen MR) is 45.9 cm³/mol. The van der Waals surface area contributed by atoms with Gasteiger partial charge in [-0.25, -0.2) is 0 Å². The Hall–Kier alpha value is -1.25. The number of carbonyl (C=O) groups excluding carboxylic acids is 1. The minimum atomic E-state index is -0.166. The van der Waals surface area contributed by atoms with Gasteiger partial charge in [0.05, 0.1) is 13.0 Å². The zero-order chi connectivity index (χ0) is 8.97. The number of hydrogen-bond donors (Lipinski definition) is 1. The van der Waals surface area contributed by atoms with E-state index in [1.165, 1.54) is 0 Å². The van der Waals surface area contributed by atoms with Gasteiger partial charge in [-0.05, 0) is 25.0 Å². The van der Waals surface area contributed by atoms with Gasteiger partial charge in [0.25, 0.3) is 0 Å². The lowest BCUT2D eigenvalue weighted by Crippen LogP contribution is -2.07. The maximum Gasteiger partial charge on any atom is 0.310 e. The zero-order valence-corrected chi connectivity index (χ0v) is 7.39. The summed E-state index contributed by atoms with van der Waals surface area (Å²) in [7, 11) is 0. The molecule has 1 heterocycles. The highest BCUT2D eigenvalue weighted by Gasteiger charge is 2.06. The number of esters is 1. The van der Waals surface area contributed by atoms with Gasteiger partial charge in [0, 0.05) is 12.4 Å². The minimum Gasteiger partial charge on any atom is -0.466 e. The van der Waals surface area contributed by atoms with E-state index in [4.69, 9.17) is 4.74 Å². The predicted octanol–water partition coefficient (Wildman–Crippen LogP) is 1.43. The lowest BCUT2D eigenvalue weighted by Gasteiger charge is -1.99. The van der Waals surface area contributed by atoms with Gasteiger partial charge in [-0.3, -0.25) is 4.79 Å². The molecule has 3 nitrogen and oxygen atoms in total. The first-order valence-corrected chi connectivity index (χ1v) is 4.02. The molecule has 0 atom stereocenters. The molecule has 0 aliphatic heterocycles. The summed E-state index contributed by atoms with van der Waals surface area (Å²) in [6.45, 7) is 4.22. The molecule has 0 fully saturated rings. The number of hydrogen-bond acceptors (Lipinski definition) is 2. The second-order valence-electron chi connectivity index (χ2n) is 2.65. The largest absolute Gasteiger partial charge is 0.466 e. The molecule has 66 valence electrons. The number of ether oxygens (including phenoxy) is 1. The molecule has 0 bridgehead atoms. The van der Waals surface area contributed by atoms with Gasteiger partial charge in [-0.15, -0.1) is 0 Å². The van der Waals surface area contributed by atoms with Crippen LogP contribution in [0.15, 0.2) is 12.4 Å². The first-order valence-electron chi connectivity index (χ1n) is 4.02. The lowest BCUT2D eigenvalue weighted by molar-refractivity contribution is -0.142. The van der Waals surface area contributed by atoms with Gasteiger partial charge in [0.1, 0.15) is 0 Å². The van der Waals surface area contributed by atoms with Gasteiger partial charge in [0.2, 0.25) is 0 Å². The van der Waals surface area contributed by atoms with E-state index in [1.54, 1.807) is 0 Å². The van der Waals surface area contributed by atoms with Crippen molar-refractivity contribution in [2.24, 2.45) is 0 Å². The van der Waals surface area contributed by atoms with Crippen LogP contribution in [0.4, 0.5) is 0 Å². The minimum absolute atomic E-state index is 0.166. The van der Waals surface area contributed by atoms with E-state index in [0.717, 1.165) is 11.1 Å². The fourth-order valence-electron chi connectivity index (χ4n) is 1.03. The van der Waals surface area contributed by atoms with Crippen molar-refractivity contribution in [3.05, 3.63) is 23.5 Å². The van der Waals surface area contributed by atoms with Gasteiger partial charge in [-0.2, -0.15) is 0 Å². The van der Waals surface area contributed by atoms with Crippen LogP contribution in [-0.2, 0) is 16.0 Å². The number of rotatable bonds is 3. The Morgan fingerprint density at radius 1 is 1.58 bits per heavy atom. The van der Waals surface area contributed by atoms with Crippen molar-refractivity contribution in [1.82, 2.24) is 4.98 Å². The maximum atomic E-state index is 11.0. The van der Waals surface area contributed by atoms with Crippen LogP contribution in [0.1, 0.15) is 18.1 Å². The Morgan fingerprint density at radius 2 is 2.33 bits per heavy atom. The fraction of sp³-hybridized carbons (Fsp3) is 0.444. The summed E-state index contributed by atoms with van der Waals surface area (Å²) in [5.74, 6) is -0.166. The SMILES string of the molecule is CCOC(=O)Cc1c[nH]cc1C. The van der Waals surface area contributed by atoms with Gasteiger partial charge in [0.15, 0.2) is 0 Å². The number of aryl methyl sites for hydroxylation is 1. The molecule has 1 N–H and O–H groups in total. The average molecular weight is 167 g/mol. The van der Waals surface area contributed by atoms with E-state index in [2.05, 4.69) is 4.98 Å². The average Bonchev–Trinajstić information content (AvgIpc) is 2.37. The maximum absolute atomic E-state index is 11.0. The van der Waals surface area contributed by atoms with Crippen LogP contribution in [0.2, 0.25) is 0 Å². The molecule has 0 radical (unpaired) electrons. The molecule has 1 rings (SSSR count). The van der Waals surface area contributed by atoms with Crippen molar-refractivity contribution in [2.75, 3.05) is 6.61 Å². The van der Waals surface area contributed by atoms with Crippen LogP contribution in [0.3, 0.4) is 0 Å². The number of aromatic amines is 1. The van der Waals surface area contributed by atoms with Crippen LogP contribution in [-0.4, -0.2) is 17.6 Å². The van der Waals surface area contributed by atoms with Gasteiger partial charge < -0.3 is 9.72 Å². The topological polar surface area (TPSA) is 42.1 Å². The number of carbonyl (C=O) groups is 1. The Bertz CT molecular complexity index is 265. The van der Waals surface area contributed by atoms with Crippen molar-refractivity contribution in [3.63, 3.8) is 0 Å². The zero-order valence-electron chi connectivity index (χ0n) is 7.39. The van der Waals surface area contributed by atoms with Crippen LogP contribution >= 0.6 is 0 Å². The molecule has 0 spiro atoms. The van der Waals surface area contributed by atoms with Crippen LogP contribution in [0.25, 0.3) is 0 Å². The highest BCUT2D eigenvalue weighted by Crippen LogP contribution is 2.06. The molecule has 0 unspecified atom stereocenters. The van der Waals surface area contributed by atoms with Crippen molar-refractivity contribution in [3.8, 4) is 0 Å². The summed E-state index contributed by atoms with van der Waals surface area (Å²) in [6.07, 6.45) is 4.06. The second-order valence-corrected chi connectivity index (χ2v) is 2.65. The molecule has 0 amide bonds. The Morgan fingerprint density at radius 3 is 2.83 bits per heavy atom. The highest BCUT2D eigenvalue weighted by molar-refractivity contribution is 5.72. The number of aromatic nitrogens is 1. The monoisotopic (exact) mass is 167 g/mol. The third kappa shape index (κ3) is 2.12. The summed E-state index contributed by atoms with van der Waals surface area (Å²) in [6, 6.07) is 0. The molecule has 0 saturated heterocycles. The molecule has 12 heavy (non-hydrogen) atoms. The molecule has 0 aromatic carbocycles. The van der Waals surface area contributed by atoms with E-state index in [9.17, 15) is 4.79 Å². The van der Waals surface area contributed by atoms with Crippen LogP contribution in [0.5, 0.6) is 0 Å². The van der Waals surface area contributed by atoms with Crippen molar-refractivity contribution >= 4 is 5.97 Å². The van der Waals surface area contributed by atoms with E-state index < -0.39 is 0 Å². The third-order valence-electron chi connectivity index (χ3n) is 1.70. The Balaban J connectivity index is 2.52. The lowest BCUT2D eigenvalue weighted by atomic mass is 10.2. The molecule has 1 aromatic heterocycles. The first-order chi connectivity index (χ1) is 5.74. The summed E-state index contributed by atoms with van der Waals surface area (Å²) in [5, 5.41) is 0. The first kappa shape index (κ1) is 8.84. The van der Waals surface area contributed by atoms with Crippen LogP contribution < -0.4 is 0 Å². The van der Waals surface area contributed by atoms with Crippen molar-refractivity contribution in [1.29, 1.82) is 0 Å². The Kier molecular flexibility index (Phi) is 2.91. The molecular weight excluding hydrogens is 154 g/mol. The fourth-order valence-corrected chi connectivity index (χ4v) is 1.03. The number of nitrogens with one attached hydrogen (secondary N) is 1. The summed E-state index contributed by atoms with van der Waals surface area (Å²) in [5.41, 5.74) is 2.11. The quantitative estimate of drug-likeness (QED) is 0.692. The standard InChI is InChI=1S/C9H13NO2/c1-3-12-9(11)4-8-6-10-5-7(8)2/h5-6,10H,3-4H2,1-2H3. The molecule has 3 heteroatoms. The molecule has 0 aliphatic rings. The van der Waals surface area contributed by atoms with E-state index in [-0.39, 0.29) is 5.97 Å². The Labute approximate surface area is 71.7 Å². The van der Waals surface area contributed by atoms with E-state index in [0.29, 0.717) is 13.0 Å². The van der Waals surface area contributed by atoms with E-state index >= 15 is 0 Å². The van der Waals surface area contributed by atoms with Crippen molar-refractivity contribution in [2.45, 2.75) is 20.3 Å². The summed E-state index contributed by atoms with van der Waals surface area (Å²) < 4.78 is 4.82.